The van der Waals surface area contributed by atoms with Gasteiger partial charge in [0.15, 0.2) is 0 Å². The van der Waals surface area contributed by atoms with E-state index in [-0.39, 0.29) is 4.83 Å². The maximum atomic E-state index is 11.4. The van der Waals surface area contributed by atoms with Gasteiger partial charge in [0.25, 0.3) is 0 Å². The molecule has 0 aliphatic heterocycles. The molecule has 0 spiro atoms. The average molecular weight is 205 g/mol. The number of benzene rings is 1. The van der Waals surface area contributed by atoms with Crippen LogP contribution >= 0.6 is 11.3 Å². The molecule has 14 heavy (non-hydrogen) atoms. The van der Waals surface area contributed by atoms with Crippen LogP contribution in [0.15, 0.2) is 32.2 Å². The first-order chi connectivity index (χ1) is 6.75. The van der Waals surface area contributed by atoms with Gasteiger partial charge in [-0.25, -0.2) is 14.6 Å². The van der Waals surface area contributed by atoms with Crippen molar-refractivity contribution in [2.24, 2.45) is 0 Å². The number of para-hydroxylation sites is 1. The minimum atomic E-state index is -0.661. The zero-order chi connectivity index (χ0) is 9.71. The molecule has 2 heterocycles. The van der Waals surface area contributed by atoms with Crippen molar-refractivity contribution in [1.29, 1.82) is 0 Å². The fourth-order valence-electron chi connectivity index (χ4n) is 1.38. The van der Waals surface area contributed by atoms with Crippen molar-refractivity contribution in [1.82, 2.24) is 4.98 Å². The molecule has 0 saturated heterocycles. The molecule has 2 bridgehead atoms. The lowest BCUT2D eigenvalue weighted by Crippen LogP contribution is -2.04. The highest BCUT2D eigenvalue weighted by molar-refractivity contribution is 7.23. The molecule has 0 amide bonds. The van der Waals surface area contributed by atoms with E-state index >= 15 is 0 Å². The maximum Gasteiger partial charge on any atom is 0.375 e. The lowest BCUT2D eigenvalue weighted by atomic mass is 10.2. The van der Waals surface area contributed by atoms with E-state index < -0.39 is 11.3 Å². The molecule has 0 saturated carbocycles. The largest absolute Gasteiger partial charge is 0.384 e. The molecule has 68 valence electrons. The van der Waals surface area contributed by atoms with Gasteiger partial charge in [0, 0.05) is 0 Å². The highest BCUT2D eigenvalue weighted by Crippen LogP contribution is 2.23. The molecule has 3 rings (SSSR count). The van der Waals surface area contributed by atoms with Gasteiger partial charge >= 0.3 is 11.3 Å². The Morgan fingerprint density at radius 3 is 2.93 bits per heavy atom. The van der Waals surface area contributed by atoms with E-state index in [2.05, 4.69) is 9.40 Å². The van der Waals surface area contributed by atoms with Crippen molar-refractivity contribution in [2.75, 3.05) is 0 Å². The summed E-state index contributed by atoms with van der Waals surface area (Å²) in [5.41, 5.74) is -0.722. The van der Waals surface area contributed by atoms with Gasteiger partial charge in [-0.15, -0.1) is 11.3 Å². The summed E-state index contributed by atoms with van der Waals surface area (Å²) < 4.78 is 5.40. The first-order valence-electron chi connectivity index (χ1n) is 3.92. The van der Waals surface area contributed by atoms with E-state index in [9.17, 15) is 9.59 Å². The third-order valence-corrected chi connectivity index (χ3v) is 3.00. The maximum absolute atomic E-state index is 11.4. The standard InChI is InChI=1S/C9H3NO3S/c11-8-4-2-1-3-5-6(4)10-7(14-5)9(12)13-8/h1-3H. The van der Waals surface area contributed by atoms with Gasteiger partial charge in [-0.3, -0.25) is 0 Å². The van der Waals surface area contributed by atoms with Crippen LogP contribution in [-0.2, 0) is 0 Å². The summed E-state index contributed by atoms with van der Waals surface area (Å²) in [5, 5.41) is 0.357. The van der Waals surface area contributed by atoms with Gasteiger partial charge in [-0.2, -0.15) is 0 Å². The van der Waals surface area contributed by atoms with E-state index in [4.69, 9.17) is 0 Å². The van der Waals surface area contributed by atoms with Crippen LogP contribution in [0.1, 0.15) is 0 Å². The van der Waals surface area contributed by atoms with Gasteiger partial charge in [-0.05, 0) is 12.1 Å². The first-order valence-corrected chi connectivity index (χ1v) is 4.73. The van der Waals surface area contributed by atoms with Crippen molar-refractivity contribution in [2.45, 2.75) is 0 Å². The summed E-state index contributed by atoms with van der Waals surface area (Å²) >= 11 is 1.23. The number of rotatable bonds is 0. The minimum absolute atomic E-state index is 0.235. The Bertz CT molecular complexity index is 728. The zero-order valence-corrected chi connectivity index (χ0v) is 7.63. The van der Waals surface area contributed by atoms with E-state index in [0.717, 1.165) is 4.70 Å². The van der Waals surface area contributed by atoms with Crippen LogP contribution in [0.5, 0.6) is 0 Å². The van der Waals surface area contributed by atoms with Crippen LogP contribution in [-0.4, -0.2) is 4.98 Å². The Morgan fingerprint density at radius 1 is 1.21 bits per heavy atom. The van der Waals surface area contributed by atoms with Gasteiger partial charge in [0.2, 0.25) is 4.83 Å². The second-order valence-electron chi connectivity index (χ2n) is 2.85. The third kappa shape index (κ3) is 0.843. The smallest absolute Gasteiger partial charge is 0.375 e. The van der Waals surface area contributed by atoms with Crippen molar-refractivity contribution >= 4 is 31.8 Å². The van der Waals surface area contributed by atoms with Crippen molar-refractivity contribution in [3.05, 3.63) is 39.0 Å². The molecule has 0 aliphatic rings. The summed E-state index contributed by atoms with van der Waals surface area (Å²) in [6.45, 7) is 0. The lowest BCUT2D eigenvalue weighted by molar-refractivity contribution is 0.491. The van der Waals surface area contributed by atoms with Crippen molar-refractivity contribution in [3.63, 3.8) is 0 Å². The molecule has 4 nitrogen and oxygen atoms in total. The first kappa shape index (κ1) is 7.64. The number of thiazole rings is 1. The molecule has 0 aliphatic carbocycles. The summed E-state index contributed by atoms with van der Waals surface area (Å²) in [6.07, 6.45) is 0. The SMILES string of the molecule is O=c1oc(=O)c2cccc3sc1nc32. The number of fused-ring (bicyclic) bond motifs is 1. The fraction of sp³-hybridized carbons (Fsp3) is 0. The normalized spacial score (nSPS) is 11.4. The average Bonchev–Trinajstić information content (AvgIpc) is 2.55. The van der Waals surface area contributed by atoms with Gasteiger partial charge in [0.1, 0.15) is 0 Å². The summed E-state index contributed by atoms with van der Waals surface area (Å²) in [4.78, 5) is 26.9. The Labute approximate surface area is 80.8 Å². The third-order valence-electron chi connectivity index (χ3n) is 2.00. The molecule has 0 N–H and O–H groups in total. The van der Waals surface area contributed by atoms with Crippen LogP contribution in [0, 0.1) is 0 Å². The molecule has 0 radical (unpaired) electrons. The Balaban J connectivity index is 2.89. The molecule has 2 aromatic heterocycles. The van der Waals surface area contributed by atoms with Crippen LogP contribution in [0.25, 0.3) is 20.4 Å². The number of nitrogens with zero attached hydrogens (tertiary/aromatic N) is 1. The van der Waals surface area contributed by atoms with Crippen molar-refractivity contribution < 1.29 is 4.42 Å². The minimum Gasteiger partial charge on any atom is -0.384 e. The Hall–Kier alpha value is -1.75. The predicted octanol–water partition coefficient (Wildman–Crippen LogP) is 1.20. The van der Waals surface area contributed by atoms with E-state index in [0.29, 0.717) is 10.9 Å². The lowest BCUT2D eigenvalue weighted by Gasteiger charge is -1.86. The highest BCUT2D eigenvalue weighted by atomic mass is 32.1. The highest BCUT2D eigenvalue weighted by Gasteiger charge is 2.10. The van der Waals surface area contributed by atoms with E-state index in [1.807, 2.05) is 6.07 Å². The van der Waals surface area contributed by atoms with Gasteiger partial charge in [0.05, 0.1) is 15.6 Å². The van der Waals surface area contributed by atoms with E-state index in [1.165, 1.54) is 11.3 Å². The molecule has 0 fully saturated rings. The molecule has 1 aromatic carbocycles. The number of hydrogen-bond donors (Lipinski definition) is 0. The van der Waals surface area contributed by atoms with Crippen LogP contribution in [0.4, 0.5) is 0 Å². The predicted molar refractivity (Wildman–Crippen MR) is 53.1 cm³/mol. The summed E-state index contributed by atoms with van der Waals surface area (Å²) in [6, 6.07) is 5.18. The topological polar surface area (TPSA) is 60.2 Å². The quantitative estimate of drug-likeness (QED) is 0.553. The second-order valence-corrected chi connectivity index (χ2v) is 3.88. The number of hydrogen-bond acceptors (Lipinski definition) is 5. The summed E-state index contributed by atoms with van der Waals surface area (Å²) in [7, 11) is 0. The van der Waals surface area contributed by atoms with Gasteiger partial charge < -0.3 is 4.42 Å². The molecule has 0 unspecified atom stereocenters. The summed E-state index contributed by atoms with van der Waals surface area (Å²) in [5.74, 6) is 0. The molecule has 5 heteroatoms. The molecular weight excluding hydrogens is 202 g/mol. The van der Waals surface area contributed by atoms with Crippen molar-refractivity contribution in [3.8, 4) is 0 Å². The second kappa shape index (κ2) is 2.39. The zero-order valence-electron chi connectivity index (χ0n) is 6.81. The Morgan fingerprint density at radius 2 is 2.07 bits per heavy atom. The monoisotopic (exact) mass is 205 g/mol. The Kier molecular flexibility index (Phi) is 1.30. The molecule has 0 atom stereocenters. The van der Waals surface area contributed by atoms with Crippen LogP contribution in [0.3, 0.4) is 0 Å². The molecule has 3 aromatic rings. The fourth-order valence-corrected chi connectivity index (χ4v) is 2.25. The van der Waals surface area contributed by atoms with Crippen LogP contribution < -0.4 is 11.3 Å². The molecular formula is C9H3NO3S. The van der Waals surface area contributed by atoms with Gasteiger partial charge in [-0.1, -0.05) is 6.07 Å². The van der Waals surface area contributed by atoms with E-state index in [1.54, 1.807) is 12.1 Å². The van der Waals surface area contributed by atoms with Crippen LogP contribution in [0.2, 0.25) is 0 Å². The number of aromatic nitrogens is 1.